The van der Waals surface area contributed by atoms with E-state index in [4.69, 9.17) is 4.74 Å². The van der Waals surface area contributed by atoms with Gasteiger partial charge < -0.3 is 9.84 Å². The van der Waals surface area contributed by atoms with Gasteiger partial charge in [-0.05, 0) is 86.0 Å². The fourth-order valence-electron chi connectivity index (χ4n) is 8.83. The number of Topliss-reactive ketones (excluding diaryl/α,β-unsaturated/α-hetero) is 1. The van der Waals surface area contributed by atoms with Gasteiger partial charge in [0.2, 0.25) is 0 Å². The van der Waals surface area contributed by atoms with Crippen molar-refractivity contribution >= 4 is 11.6 Å². The summed E-state index contributed by atoms with van der Waals surface area (Å²) in [5, 5.41) is 11.4. The second-order valence-corrected chi connectivity index (χ2v) is 12.1. The van der Waals surface area contributed by atoms with Crippen LogP contribution in [-0.4, -0.2) is 29.1 Å². The predicted molar refractivity (Wildman–Crippen MR) is 119 cm³/mol. The molecule has 0 bridgehead atoms. The van der Waals surface area contributed by atoms with Gasteiger partial charge in [0.05, 0.1) is 6.10 Å². The SMILES string of the molecule is CC(C)CC[C@H]1OC(O)[C@]23CCC4C(CCC5=CC(=O)CC[C@@]54C)C2CC(=O)C3[C@@H]1C. The van der Waals surface area contributed by atoms with Crippen molar-refractivity contribution in [2.45, 2.75) is 97.9 Å². The van der Waals surface area contributed by atoms with Crippen LogP contribution in [0.5, 0.6) is 0 Å². The molecule has 4 fully saturated rings. The molecule has 1 heterocycles. The van der Waals surface area contributed by atoms with E-state index >= 15 is 0 Å². The summed E-state index contributed by atoms with van der Waals surface area (Å²) < 4.78 is 6.34. The van der Waals surface area contributed by atoms with Gasteiger partial charge in [0.25, 0.3) is 0 Å². The topological polar surface area (TPSA) is 63.6 Å². The lowest BCUT2D eigenvalue weighted by Gasteiger charge is -2.61. The summed E-state index contributed by atoms with van der Waals surface area (Å²) in [5.41, 5.74) is 1.05. The molecule has 3 saturated carbocycles. The number of aliphatic hydroxyl groups excluding tert-OH is 1. The van der Waals surface area contributed by atoms with E-state index in [0.29, 0.717) is 36.4 Å². The minimum absolute atomic E-state index is 0.0174. The lowest BCUT2D eigenvalue weighted by atomic mass is 9.45. The molecule has 1 N–H and O–H groups in total. The maximum atomic E-state index is 13.5. The molecule has 172 valence electrons. The van der Waals surface area contributed by atoms with Gasteiger partial charge in [-0.2, -0.15) is 0 Å². The zero-order valence-corrected chi connectivity index (χ0v) is 19.7. The molecule has 1 saturated heterocycles. The molecule has 4 heteroatoms. The van der Waals surface area contributed by atoms with E-state index in [2.05, 4.69) is 27.7 Å². The van der Waals surface area contributed by atoms with Crippen LogP contribution in [0.4, 0.5) is 0 Å². The van der Waals surface area contributed by atoms with Crippen molar-refractivity contribution in [2.24, 2.45) is 46.3 Å². The molecule has 1 aliphatic heterocycles. The monoisotopic (exact) mass is 428 g/mol. The molecule has 0 aromatic heterocycles. The van der Waals surface area contributed by atoms with Crippen LogP contribution in [-0.2, 0) is 14.3 Å². The fourth-order valence-corrected chi connectivity index (χ4v) is 8.83. The molecule has 4 aliphatic carbocycles. The number of allylic oxidation sites excluding steroid dienone is 1. The Kier molecular flexibility index (Phi) is 5.29. The summed E-state index contributed by atoms with van der Waals surface area (Å²) in [6, 6.07) is 0. The van der Waals surface area contributed by atoms with E-state index < -0.39 is 11.7 Å². The van der Waals surface area contributed by atoms with Crippen molar-refractivity contribution in [3.05, 3.63) is 11.6 Å². The smallest absolute Gasteiger partial charge is 0.161 e. The molecule has 9 atom stereocenters. The first-order valence-electron chi connectivity index (χ1n) is 12.8. The number of ketones is 2. The van der Waals surface area contributed by atoms with Gasteiger partial charge in [-0.3, -0.25) is 9.59 Å². The lowest BCUT2D eigenvalue weighted by molar-refractivity contribution is -0.293. The largest absolute Gasteiger partial charge is 0.367 e. The molecule has 31 heavy (non-hydrogen) atoms. The first kappa shape index (κ1) is 21.8. The van der Waals surface area contributed by atoms with Gasteiger partial charge in [0, 0.05) is 24.2 Å². The molecule has 1 spiro atoms. The number of carbonyl (C=O) groups excluding carboxylic acids is 2. The Morgan fingerprint density at radius 2 is 1.94 bits per heavy atom. The molecule has 5 unspecified atom stereocenters. The van der Waals surface area contributed by atoms with E-state index in [-0.39, 0.29) is 35.1 Å². The van der Waals surface area contributed by atoms with Crippen molar-refractivity contribution in [1.82, 2.24) is 0 Å². The predicted octanol–water partition coefficient (Wildman–Crippen LogP) is 5.08. The molecular formula is C27H40O4. The third kappa shape index (κ3) is 3.07. The molecule has 4 nitrogen and oxygen atoms in total. The standard InChI is InChI=1S/C27H40O4/c1-15(2)5-8-23-16(3)24-22(29)14-21-19-7-6-17-13-18(28)9-11-26(17,4)20(19)10-12-27(21,24)25(30)31-23/h13,15-16,19-21,23-25,30H,5-12,14H2,1-4H3/t16-,19?,20?,21?,23-,24?,25?,26+,27-/m1/s1. The van der Waals surface area contributed by atoms with Crippen LogP contribution in [0.3, 0.4) is 0 Å². The highest BCUT2D eigenvalue weighted by Gasteiger charge is 2.69. The number of aliphatic hydroxyl groups is 1. The quantitative estimate of drug-likeness (QED) is 0.681. The lowest BCUT2D eigenvalue weighted by Crippen LogP contribution is -2.61. The van der Waals surface area contributed by atoms with E-state index in [1.165, 1.54) is 5.57 Å². The average Bonchev–Trinajstić information content (AvgIpc) is 3.04. The van der Waals surface area contributed by atoms with Crippen LogP contribution in [0.15, 0.2) is 11.6 Å². The Morgan fingerprint density at radius 3 is 2.68 bits per heavy atom. The van der Waals surface area contributed by atoms with Crippen molar-refractivity contribution in [2.75, 3.05) is 0 Å². The Balaban J connectivity index is 1.45. The molecule has 0 amide bonds. The van der Waals surface area contributed by atoms with Crippen molar-refractivity contribution in [3.63, 3.8) is 0 Å². The molecule has 5 aliphatic rings. The minimum Gasteiger partial charge on any atom is -0.367 e. The Hall–Kier alpha value is -1.00. The minimum atomic E-state index is -0.819. The molecule has 5 rings (SSSR count). The van der Waals surface area contributed by atoms with Gasteiger partial charge in [-0.25, -0.2) is 0 Å². The van der Waals surface area contributed by atoms with Crippen LogP contribution < -0.4 is 0 Å². The molecule has 0 aromatic rings. The molecule has 0 radical (unpaired) electrons. The van der Waals surface area contributed by atoms with E-state index in [1.807, 2.05) is 6.08 Å². The number of hydrogen-bond acceptors (Lipinski definition) is 4. The number of rotatable bonds is 3. The Labute approximate surface area is 187 Å². The second-order valence-electron chi connectivity index (χ2n) is 12.1. The first-order valence-corrected chi connectivity index (χ1v) is 12.8. The average molecular weight is 429 g/mol. The highest BCUT2D eigenvalue weighted by atomic mass is 16.6. The van der Waals surface area contributed by atoms with Gasteiger partial charge in [-0.1, -0.05) is 33.3 Å². The van der Waals surface area contributed by atoms with Gasteiger partial charge >= 0.3 is 0 Å². The van der Waals surface area contributed by atoms with E-state index in [1.54, 1.807) is 0 Å². The summed E-state index contributed by atoms with van der Waals surface area (Å²) >= 11 is 0. The fraction of sp³-hybridized carbons (Fsp3) is 0.852. The van der Waals surface area contributed by atoms with Crippen LogP contribution >= 0.6 is 0 Å². The number of fused-ring (bicyclic) bond motifs is 4. The van der Waals surface area contributed by atoms with Crippen LogP contribution in [0.25, 0.3) is 0 Å². The van der Waals surface area contributed by atoms with Gasteiger partial charge in [-0.15, -0.1) is 0 Å². The van der Waals surface area contributed by atoms with Gasteiger partial charge in [0.15, 0.2) is 12.1 Å². The molecule has 0 aromatic carbocycles. The summed E-state index contributed by atoms with van der Waals surface area (Å²) in [5.74, 6) is 2.57. The van der Waals surface area contributed by atoms with Gasteiger partial charge in [0.1, 0.15) is 5.78 Å². The van der Waals surface area contributed by atoms with Crippen molar-refractivity contribution in [3.8, 4) is 0 Å². The zero-order chi connectivity index (χ0) is 22.1. The van der Waals surface area contributed by atoms with Crippen molar-refractivity contribution < 1.29 is 19.4 Å². The molecular weight excluding hydrogens is 388 g/mol. The number of carbonyl (C=O) groups is 2. The van der Waals surface area contributed by atoms with Crippen molar-refractivity contribution in [1.29, 1.82) is 0 Å². The maximum Gasteiger partial charge on any atom is 0.161 e. The summed E-state index contributed by atoms with van der Waals surface area (Å²) in [7, 11) is 0. The van der Waals surface area contributed by atoms with E-state index in [9.17, 15) is 14.7 Å². The second kappa shape index (κ2) is 7.52. The van der Waals surface area contributed by atoms with Crippen LogP contribution in [0.1, 0.15) is 85.5 Å². The highest BCUT2D eigenvalue weighted by molar-refractivity contribution is 5.91. The Bertz CT molecular complexity index is 799. The highest BCUT2D eigenvalue weighted by Crippen LogP contribution is 2.69. The maximum absolute atomic E-state index is 13.5. The van der Waals surface area contributed by atoms with Crippen LogP contribution in [0, 0.1) is 46.3 Å². The number of hydrogen-bond donors (Lipinski definition) is 1. The third-order valence-electron chi connectivity index (χ3n) is 10.4. The van der Waals surface area contributed by atoms with Crippen LogP contribution in [0.2, 0.25) is 0 Å². The normalized spacial score (nSPS) is 49.2. The summed E-state index contributed by atoms with van der Waals surface area (Å²) in [4.78, 5) is 25.5. The summed E-state index contributed by atoms with van der Waals surface area (Å²) in [6.07, 6.45) is 9.24. The third-order valence-corrected chi connectivity index (χ3v) is 10.4. The van der Waals surface area contributed by atoms with E-state index in [0.717, 1.165) is 44.9 Å². The Morgan fingerprint density at radius 1 is 1.16 bits per heavy atom. The number of ether oxygens (including phenoxy) is 1. The summed E-state index contributed by atoms with van der Waals surface area (Å²) in [6.45, 7) is 9.00. The zero-order valence-electron chi connectivity index (χ0n) is 19.7. The first-order chi connectivity index (χ1) is 14.7.